The maximum Gasteiger partial charge on any atom is 0.0827 e. The number of pyridine rings is 1. The summed E-state index contributed by atoms with van der Waals surface area (Å²) in [5.74, 6) is 0. The molecule has 0 aliphatic heterocycles. The van der Waals surface area contributed by atoms with Crippen molar-refractivity contribution < 1.29 is 0 Å². The van der Waals surface area contributed by atoms with E-state index >= 15 is 0 Å². The van der Waals surface area contributed by atoms with Crippen molar-refractivity contribution in [3.8, 4) is 0 Å². The second kappa shape index (κ2) is 4.57. The van der Waals surface area contributed by atoms with Gasteiger partial charge in [0.05, 0.1) is 17.1 Å². The van der Waals surface area contributed by atoms with Crippen LogP contribution in [0.15, 0.2) is 18.3 Å². The molecule has 0 radical (unpaired) electrons. The normalized spacial score (nSPS) is 10.6. The van der Waals surface area contributed by atoms with E-state index in [4.69, 9.17) is 0 Å². The van der Waals surface area contributed by atoms with Crippen molar-refractivity contribution in [1.82, 2.24) is 14.8 Å². The largest absolute Gasteiger partial charge is 0.378 e. The Morgan fingerprint density at radius 1 is 1.24 bits per heavy atom. The lowest BCUT2D eigenvalue weighted by molar-refractivity contribution is 0.731. The SMILES string of the molecule is Cc1ccc(CNc2c(C)nn(C)c2C)cn1. The zero-order chi connectivity index (χ0) is 12.4. The third-order valence-corrected chi connectivity index (χ3v) is 2.95. The summed E-state index contributed by atoms with van der Waals surface area (Å²) in [5, 5.41) is 7.79. The summed E-state index contributed by atoms with van der Waals surface area (Å²) in [6.45, 7) is 6.85. The Morgan fingerprint density at radius 3 is 2.53 bits per heavy atom. The first-order valence-corrected chi connectivity index (χ1v) is 5.73. The van der Waals surface area contributed by atoms with Crippen LogP contribution in [0.3, 0.4) is 0 Å². The molecule has 1 N–H and O–H groups in total. The van der Waals surface area contributed by atoms with E-state index in [1.165, 1.54) is 5.56 Å². The lowest BCUT2D eigenvalue weighted by Crippen LogP contribution is -2.02. The van der Waals surface area contributed by atoms with Gasteiger partial charge in [0.1, 0.15) is 0 Å². The van der Waals surface area contributed by atoms with Gasteiger partial charge in [0, 0.05) is 25.5 Å². The number of nitrogens with zero attached hydrogens (tertiary/aromatic N) is 3. The van der Waals surface area contributed by atoms with E-state index in [1.807, 2.05) is 37.8 Å². The highest BCUT2D eigenvalue weighted by Gasteiger charge is 2.08. The Labute approximate surface area is 102 Å². The number of hydrogen-bond donors (Lipinski definition) is 1. The van der Waals surface area contributed by atoms with Gasteiger partial charge in [-0.2, -0.15) is 5.10 Å². The standard InChI is InChI=1S/C13H18N4/c1-9-5-6-12(7-14-9)8-15-13-10(2)16-17(4)11(13)3/h5-7,15H,8H2,1-4H3. The third kappa shape index (κ3) is 2.46. The van der Waals surface area contributed by atoms with Gasteiger partial charge in [0.2, 0.25) is 0 Å². The van der Waals surface area contributed by atoms with Gasteiger partial charge in [-0.25, -0.2) is 0 Å². The summed E-state index contributed by atoms with van der Waals surface area (Å²) in [6.07, 6.45) is 1.91. The van der Waals surface area contributed by atoms with E-state index in [0.717, 1.165) is 29.3 Å². The average molecular weight is 230 g/mol. The molecule has 17 heavy (non-hydrogen) atoms. The molecule has 4 nitrogen and oxygen atoms in total. The third-order valence-electron chi connectivity index (χ3n) is 2.95. The van der Waals surface area contributed by atoms with Crippen molar-refractivity contribution in [3.63, 3.8) is 0 Å². The number of rotatable bonds is 3. The zero-order valence-corrected chi connectivity index (χ0v) is 10.8. The van der Waals surface area contributed by atoms with Crippen LogP contribution in [0.4, 0.5) is 5.69 Å². The molecule has 0 unspecified atom stereocenters. The van der Waals surface area contributed by atoms with E-state index in [-0.39, 0.29) is 0 Å². The molecule has 2 aromatic rings. The summed E-state index contributed by atoms with van der Waals surface area (Å²) in [4.78, 5) is 4.28. The van der Waals surface area contributed by atoms with Crippen LogP contribution in [-0.4, -0.2) is 14.8 Å². The van der Waals surface area contributed by atoms with Crippen molar-refractivity contribution in [1.29, 1.82) is 0 Å². The van der Waals surface area contributed by atoms with E-state index in [0.29, 0.717) is 0 Å². The number of aromatic nitrogens is 3. The van der Waals surface area contributed by atoms with Crippen LogP contribution in [0.1, 0.15) is 22.6 Å². The summed E-state index contributed by atoms with van der Waals surface area (Å²) in [7, 11) is 1.96. The van der Waals surface area contributed by atoms with Gasteiger partial charge in [0.25, 0.3) is 0 Å². The number of nitrogens with one attached hydrogen (secondary N) is 1. The number of hydrogen-bond acceptors (Lipinski definition) is 3. The van der Waals surface area contributed by atoms with E-state index in [2.05, 4.69) is 28.4 Å². The Morgan fingerprint density at radius 2 is 2.00 bits per heavy atom. The fourth-order valence-corrected chi connectivity index (χ4v) is 1.82. The van der Waals surface area contributed by atoms with Crippen molar-refractivity contribution in [2.75, 3.05) is 5.32 Å². The summed E-state index contributed by atoms with van der Waals surface area (Å²) in [5.41, 5.74) is 5.53. The molecule has 2 rings (SSSR count). The molecule has 0 fully saturated rings. The highest BCUT2D eigenvalue weighted by molar-refractivity contribution is 5.52. The smallest absolute Gasteiger partial charge is 0.0827 e. The minimum absolute atomic E-state index is 0.778. The molecule has 0 aliphatic carbocycles. The Balaban J connectivity index is 2.09. The number of anilines is 1. The topological polar surface area (TPSA) is 42.7 Å². The number of aryl methyl sites for hydroxylation is 3. The molecule has 0 amide bonds. The second-order valence-electron chi connectivity index (χ2n) is 4.33. The van der Waals surface area contributed by atoms with Gasteiger partial charge in [-0.15, -0.1) is 0 Å². The molecule has 0 aromatic carbocycles. The predicted molar refractivity (Wildman–Crippen MR) is 69.0 cm³/mol. The van der Waals surface area contributed by atoms with Gasteiger partial charge < -0.3 is 5.32 Å². The first-order valence-electron chi connectivity index (χ1n) is 5.73. The lowest BCUT2D eigenvalue weighted by atomic mass is 10.2. The van der Waals surface area contributed by atoms with Gasteiger partial charge in [-0.1, -0.05) is 6.07 Å². The van der Waals surface area contributed by atoms with Crippen LogP contribution >= 0.6 is 0 Å². The lowest BCUT2D eigenvalue weighted by Gasteiger charge is -2.06. The monoisotopic (exact) mass is 230 g/mol. The van der Waals surface area contributed by atoms with Crippen molar-refractivity contribution in [2.24, 2.45) is 7.05 Å². The molecule has 0 saturated carbocycles. The second-order valence-corrected chi connectivity index (χ2v) is 4.33. The summed E-state index contributed by atoms with van der Waals surface area (Å²) in [6, 6.07) is 4.12. The fraction of sp³-hybridized carbons (Fsp3) is 0.385. The highest BCUT2D eigenvalue weighted by Crippen LogP contribution is 2.19. The van der Waals surface area contributed by atoms with E-state index in [1.54, 1.807) is 0 Å². The molecule has 0 saturated heterocycles. The van der Waals surface area contributed by atoms with Gasteiger partial charge in [-0.05, 0) is 32.4 Å². The molecular formula is C13H18N4. The van der Waals surface area contributed by atoms with Gasteiger partial charge in [0.15, 0.2) is 0 Å². The maximum atomic E-state index is 4.38. The van der Waals surface area contributed by atoms with Crippen molar-refractivity contribution in [2.45, 2.75) is 27.3 Å². The predicted octanol–water partition coefficient (Wildman–Crippen LogP) is 2.35. The minimum Gasteiger partial charge on any atom is -0.378 e. The maximum absolute atomic E-state index is 4.38. The highest BCUT2D eigenvalue weighted by atomic mass is 15.3. The van der Waals surface area contributed by atoms with E-state index < -0.39 is 0 Å². The van der Waals surface area contributed by atoms with Gasteiger partial charge >= 0.3 is 0 Å². The van der Waals surface area contributed by atoms with Crippen molar-refractivity contribution in [3.05, 3.63) is 41.0 Å². The first kappa shape index (κ1) is 11.6. The Kier molecular flexibility index (Phi) is 3.13. The van der Waals surface area contributed by atoms with Gasteiger partial charge in [-0.3, -0.25) is 9.67 Å². The Hall–Kier alpha value is -1.84. The quantitative estimate of drug-likeness (QED) is 0.880. The molecular weight excluding hydrogens is 212 g/mol. The van der Waals surface area contributed by atoms with E-state index in [9.17, 15) is 0 Å². The molecule has 0 bridgehead atoms. The van der Waals surface area contributed by atoms with Crippen molar-refractivity contribution >= 4 is 5.69 Å². The van der Waals surface area contributed by atoms with Crippen LogP contribution in [0.2, 0.25) is 0 Å². The molecule has 0 atom stereocenters. The molecule has 0 spiro atoms. The molecule has 4 heteroatoms. The summed E-state index contributed by atoms with van der Waals surface area (Å²) >= 11 is 0. The Bertz CT molecular complexity index is 511. The minimum atomic E-state index is 0.778. The average Bonchev–Trinajstić information content (AvgIpc) is 2.54. The van der Waals surface area contributed by atoms with Crippen LogP contribution in [0, 0.1) is 20.8 Å². The fourth-order valence-electron chi connectivity index (χ4n) is 1.82. The van der Waals surface area contributed by atoms with Crippen LogP contribution in [-0.2, 0) is 13.6 Å². The molecule has 0 aliphatic rings. The molecule has 90 valence electrons. The van der Waals surface area contributed by atoms with Crippen LogP contribution in [0.5, 0.6) is 0 Å². The molecule has 2 heterocycles. The summed E-state index contributed by atoms with van der Waals surface area (Å²) < 4.78 is 1.89. The van der Waals surface area contributed by atoms with Crippen LogP contribution in [0.25, 0.3) is 0 Å². The first-order chi connectivity index (χ1) is 8.08. The zero-order valence-electron chi connectivity index (χ0n) is 10.8. The van der Waals surface area contributed by atoms with Crippen LogP contribution < -0.4 is 5.32 Å². The molecule has 2 aromatic heterocycles.